The lowest BCUT2D eigenvalue weighted by Gasteiger charge is -2.19. The van der Waals surface area contributed by atoms with Crippen molar-refractivity contribution in [1.82, 2.24) is 25.0 Å². The van der Waals surface area contributed by atoms with Crippen LogP contribution in [0.5, 0.6) is 0 Å². The third kappa shape index (κ3) is 1.83. The quantitative estimate of drug-likeness (QED) is 0.850. The lowest BCUT2D eigenvalue weighted by Crippen LogP contribution is -2.27. The highest BCUT2D eigenvalue weighted by molar-refractivity contribution is 7.09. The Hall–Kier alpha value is -1.34. The number of piperidine rings is 1. The zero-order valence-electron chi connectivity index (χ0n) is 8.59. The molecule has 0 amide bonds. The Morgan fingerprint density at radius 3 is 3.19 bits per heavy atom. The first-order valence-electron chi connectivity index (χ1n) is 5.28. The Morgan fingerprint density at radius 2 is 2.44 bits per heavy atom. The van der Waals surface area contributed by atoms with E-state index < -0.39 is 0 Å². The summed E-state index contributed by atoms with van der Waals surface area (Å²) in [5, 5.41) is 11.1. The predicted molar refractivity (Wildman–Crippen MR) is 57.8 cm³/mol. The molecule has 1 saturated heterocycles. The molecule has 16 heavy (non-hydrogen) atoms. The molecule has 0 aromatic carbocycles. The molecule has 84 valence electrons. The highest BCUT2D eigenvalue weighted by Gasteiger charge is 2.21. The summed E-state index contributed by atoms with van der Waals surface area (Å²) >= 11 is 1.26. The van der Waals surface area contributed by atoms with Gasteiger partial charge in [-0.05, 0) is 30.9 Å². The third-order valence-corrected chi connectivity index (χ3v) is 3.29. The van der Waals surface area contributed by atoms with Crippen molar-refractivity contribution in [3.8, 4) is 10.8 Å². The second-order valence-corrected chi connectivity index (χ2v) is 4.53. The number of nitrogens with one attached hydrogen (secondary N) is 1. The van der Waals surface area contributed by atoms with Crippen LogP contribution in [0.15, 0.2) is 10.7 Å². The summed E-state index contributed by atoms with van der Waals surface area (Å²) in [6.45, 7) is 1.02. The minimum absolute atomic E-state index is 0.229. The van der Waals surface area contributed by atoms with Gasteiger partial charge in [0.05, 0.1) is 12.2 Å². The molecule has 3 rings (SSSR count). The summed E-state index contributed by atoms with van der Waals surface area (Å²) in [6.07, 6.45) is 5.14. The summed E-state index contributed by atoms with van der Waals surface area (Å²) in [4.78, 5) is 5.18. The van der Waals surface area contributed by atoms with Gasteiger partial charge in [0.15, 0.2) is 5.82 Å². The molecular weight excluding hydrogens is 226 g/mol. The maximum Gasteiger partial charge on any atom is 0.271 e. The lowest BCUT2D eigenvalue weighted by molar-refractivity contribution is 0.367. The van der Waals surface area contributed by atoms with E-state index in [0.29, 0.717) is 5.89 Å². The van der Waals surface area contributed by atoms with E-state index in [2.05, 4.69) is 25.0 Å². The van der Waals surface area contributed by atoms with E-state index in [4.69, 9.17) is 4.52 Å². The Bertz CT molecular complexity index is 448. The summed E-state index contributed by atoms with van der Waals surface area (Å²) in [6, 6.07) is 0.229. The van der Waals surface area contributed by atoms with Crippen molar-refractivity contribution in [2.75, 3.05) is 6.54 Å². The van der Waals surface area contributed by atoms with Gasteiger partial charge in [0.1, 0.15) is 4.88 Å². The maximum atomic E-state index is 5.19. The van der Waals surface area contributed by atoms with E-state index in [9.17, 15) is 0 Å². The predicted octanol–water partition coefficient (Wildman–Crippen LogP) is 1.40. The Labute approximate surface area is 96.2 Å². The van der Waals surface area contributed by atoms with Crippen LogP contribution in [0, 0.1) is 0 Å². The van der Waals surface area contributed by atoms with Crippen LogP contribution in [-0.2, 0) is 0 Å². The van der Waals surface area contributed by atoms with Gasteiger partial charge in [-0.3, -0.25) is 0 Å². The van der Waals surface area contributed by atoms with Gasteiger partial charge in [0.25, 0.3) is 5.89 Å². The summed E-state index contributed by atoms with van der Waals surface area (Å²) in [7, 11) is 0. The van der Waals surface area contributed by atoms with Gasteiger partial charge in [-0.25, -0.2) is 0 Å². The van der Waals surface area contributed by atoms with Crippen LogP contribution >= 0.6 is 11.5 Å². The first-order chi connectivity index (χ1) is 7.93. The van der Waals surface area contributed by atoms with E-state index in [1.54, 1.807) is 6.20 Å². The number of aromatic nitrogens is 4. The Kier molecular flexibility index (Phi) is 2.63. The van der Waals surface area contributed by atoms with Gasteiger partial charge in [-0.15, -0.1) is 5.10 Å². The average molecular weight is 237 g/mol. The molecule has 0 saturated carbocycles. The van der Waals surface area contributed by atoms with Gasteiger partial charge in [0, 0.05) is 0 Å². The smallest absolute Gasteiger partial charge is 0.271 e. The Morgan fingerprint density at radius 1 is 1.44 bits per heavy atom. The van der Waals surface area contributed by atoms with Gasteiger partial charge in [-0.1, -0.05) is 16.1 Å². The fraction of sp³-hybridized carbons (Fsp3) is 0.556. The van der Waals surface area contributed by atoms with Crippen LogP contribution in [0.3, 0.4) is 0 Å². The largest absolute Gasteiger partial charge is 0.333 e. The highest BCUT2D eigenvalue weighted by Crippen LogP contribution is 2.24. The van der Waals surface area contributed by atoms with Crippen molar-refractivity contribution in [2.45, 2.75) is 25.3 Å². The second kappa shape index (κ2) is 4.26. The molecule has 0 spiro atoms. The molecule has 1 aliphatic heterocycles. The average Bonchev–Trinajstić information content (AvgIpc) is 3.01. The zero-order valence-corrected chi connectivity index (χ0v) is 9.40. The third-order valence-electron chi connectivity index (χ3n) is 2.64. The van der Waals surface area contributed by atoms with Crippen molar-refractivity contribution < 1.29 is 4.52 Å². The second-order valence-electron chi connectivity index (χ2n) is 3.74. The number of nitrogens with zero attached hydrogens (tertiary/aromatic N) is 4. The van der Waals surface area contributed by atoms with Gasteiger partial charge < -0.3 is 9.84 Å². The number of hydrogen-bond acceptors (Lipinski definition) is 7. The lowest BCUT2D eigenvalue weighted by atomic mass is 10.0. The van der Waals surface area contributed by atoms with Crippen LogP contribution in [0.2, 0.25) is 0 Å². The highest BCUT2D eigenvalue weighted by atomic mass is 32.1. The molecule has 7 heteroatoms. The standard InChI is InChI=1S/C9H11N5OS/c1-2-4-10-6(3-1)8-12-9(15-13-8)7-5-11-14-16-7/h5-6,10H,1-4H2. The fourth-order valence-corrected chi connectivity index (χ4v) is 2.25. The van der Waals surface area contributed by atoms with Gasteiger partial charge >= 0.3 is 0 Å². The number of rotatable bonds is 2. The van der Waals surface area contributed by atoms with Crippen LogP contribution in [0.4, 0.5) is 0 Å². The van der Waals surface area contributed by atoms with Crippen LogP contribution < -0.4 is 5.32 Å². The van der Waals surface area contributed by atoms with E-state index in [1.165, 1.54) is 24.4 Å². The molecule has 1 unspecified atom stereocenters. The van der Waals surface area contributed by atoms with Crippen molar-refractivity contribution >= 4 is 11.5 Å². The molecule has 2 aromatic heterocycles. The van der Waals surface area contributed by atoms with E-state index in [1.807, 2.05) is 0 Å². The van der Waals surface area contributed by atoms with E-state index in [-0.39, 0.29) is 6.04 Å². The van der Waals surface area contributed by atoms with Crippen LogP contribution in [-0.4, -0.2) is 26.3 Å². The maximum absolute atomic E-state index is 5.19. The molecule has 1 N–H and O–H groups in total. The fourth-order valence-electron chi connectivity index (χ4n) is 1.81. The molecule has 6 nitrogen and oxygen atoms in total. The molecule has 1 fully saturated rings. The van der Waals surface area contributed by atoms with Crippen LogP contribution in [0.25, 0.3) is 10.8 Å². The summed E-state index contributed by atoms with van der Waals surface area (Å²) in [5.41, 5.74) is 0. The van der Waals surface area contributed by atoms with Crippen molar-refractivity contribution in [3.05, 3.63) is 12.0 Å². The topological polar surface area (TPSA) is 76.7 Å². The Balaban J connectivity index is 1.82. The molecule has 1 atom stereocenters. The van der Waals surface area contributed by atoms with Crippen molar-refractivity contribution in [2.24, 2.45) is 0 Å². The first-order valence-corrected chi connectivity index (χ1v) is 6.05. The summed E-state index contributed by atoms with van der Waals surface area (Å²) in [5.74, 6) is 1.25. The minimum Gasteiger partial charge on any atom is -0.333 e. The normalized spacial score (nSPS) is 21.1. The van der Waals surface area contributed by atoms with Crippen LogP contribution in [0.1, 0.15) is 31.1 Å². The van der Waals surface area contributed by atoms with E-state index >= 15 is 0 Å². The van der Waals surface area contributed by atoms with E-state index in [0.717, 1.165) is 23.7 Å². The SMILES string of the molecule is c1nnsc1-c1nc(C2CCCCN2)no1. The van der Waals surface area contributed by atoms with Crippen molar-refractivity contribution in [3.63, 3.8) is 0 Å². The zero-order chi connectivity index (χ0) is 10.8. The van der Waals surface area contributed by atoms with Gasteiger partial charge in [-0.2, -0.15) is 4.98 Å². The van der Waals surface area contributed by atoms with Gasteiger partial charge in [0.2, 0.25) is 0 Å². The molecule has 0 aliphatic carbocycles. The first kappa shape index (κ1) is 9.86. The molecular formula is C9H11N5OS. The molecule has 2 aromatic rings. The molecule has 0 radical (unpaired) electrons. The monoisotopic (exact) mass is 237 g/mol. The number of hydrogen-bond donors (Lipinski definition) is 1. The molecule has 0 bridgehead atoms. The minimum atomic E-state index is 0.229. The summed E-state index contributed by atoms with van der Waals surface area (Å²) < 4.78 is 8.96. The molecule has 3 heterocycles. The molecule has 1 aliphatic rings. The van der Waals surface area contributed by atoms with Crippen molar-refractivity contribution in [1.29, 1.82) is 0 Å².